The molecule has 3 nitrogen and oxygen atoms in total. The maximum atomic E-state index is 13.4. The third-order valence-corrected chi connectivity index (χ3v) is 2.48. The molecule has 88 valence electrons. The summed E-state index contributed by atoms with van der Waals surface area (Å²) in [5.41, 5.74) is 2.27. The summed E-state index contributed by atoms with van der Waals surface area (Å²) in [6.07, 6.45) is 1.71. The molecule has 0 aliphatic heterocycles. The lowest BCUT2D eigenvalue weighted by atomic mass is 10.2. The summed E-state index contributed by atoms with van der Waals surface area (Å²) < 4.78 is 13.4. The molecule has 0 atom stereocenters. The van der Waals surface area contributed by atoms with Gasteiger partial charge in [-0.15, -0.1) is 0 Å². The first kappa shape index (κ1) is 11.5. The zero-order chi connectivity index (χ0) is 12.3. The van der Waals surface area contributed by atoms with E-state index in [1.807, 2.05) is 19.9 Å². The Kier molecular flexibility index (Phi) is 3.32. The average Bonchev–Trinajstić information content (AvgIpc) is 2.32. The van der Waals surface area contributed by atoms with E-state index in [2.05, 4.69) is 15.3 Å². The van der Waals surface area contributed by atoms with Crippen LogP contribution in [0.1, 0.15) is 17.0 Å². The number of anilines is 1. The molecule has 2 aromatic rings. The summed E-state index contributed by atoms with van der Waals surface area (Å²) >= 11 is 0. The minimum absolute atomic E-state index is 0.210. The monoisotopic (exact) mass is 231 g/mol. The van der Waals surface area contributed by atoms with Crippen molar-refractivity contribution >= 4 is 5.82 Å². The van der Waals surface area contributed by atoms with Crippen molar-refractivity contribution < 1.29 is 4.39 Å². The topological polar surface area (TPSA) is 37.8 Å². The van der Waals surface area contributed by atoms with E-state index in [4.69, 9.17) is 0 Å². The molecule has 0 saturated heterocycles. The van der Waals surface area contributed by atoms with Crippen LogP contribution in [0.3, 0.4) is 0 Å². The largest absolute Gasteiger partial charge is 0.364 e. The van der Waals surface area contributed by atoms with Crippen molar-refractivity contribution in [1.29, 1.82) is 0 Å². The van der Waals surface area contributed by atoms with Crippen LogP contribution >= 0.6 is 0 Å². The minimum Gasteiger partial charge on any atom is -0.364 e. The van der Waals surface area contributed by atoms with E-state index in [1.54, 1.807) is 18.3 Å². The first-order valence-electron chi connectivity index (χ1n) is 5.44. The maximum absolute atomic E-state index is 13.4. The molecule has 0 saturated carbocycles. The average molecular weight is 231 g/mol. The van der Waals surface area contributed by atoms with E-state index in [0.29, 0.717) is 17.9 Å². The molecule has 0 unspecified atom stereocenters. The lowest BCUT2D eigenvalue weighted by Crippen LogP contribution is -2.06. The smallest absolute Gasteiger partial charge is 0.148 e. The van der Waals surface area contributed by atoms with Crippen molar-refractivity contribution in [3.63, 3.8) is 0 Å². The van der Waals surface area contributed by atoms with Crippen LogP contribution in [0.15, 0.2) is 30.5 Å². The van der Waals surface area contributed by atoms with Gasteiger partial charge in [-0.25, -0.2) is 9.37 Å². The number of hydrogen-bond donors (Lipinski definition) is 1. The number of nitrogens with one attached hydrogen (secondary N) is 1. The van der Waals surface area contributed by atoms with Crippen LogP contribution in [0.5, 0.6) is 0 Å². The third-order valence-electron chi connectivity index (χ3n) is 2.48. The SMILES string of the molecule is Cc1cnc(C)c(NCc2ccccc2F)n1. The van der Waals surface area contributed by atoms with Crippen molar-refractivity contribution in [3.8, 4) is 0 Å². The van der Waals surface area contributed by atoms with Gasteiger partial charge in [-0.05, 0) is 19.9 Å². The molecular weight excluding hydrogens is 217 g/mol. The van der Waals surface area contributed by atoms with E-state index in [-0.39, 0.29) is 5.82 Å². The van der Waals surface area contributed by atoms with Crippen molar-refractivity contribution in [2.24, 2.45) is 0 Å². The van der Waals surface area contributed by atoms with Crippen molar-refractivity contribution in [2.75, 3.05) is 5.32 Å². The van der Waals surface area contributed by atoms with Gasteiger partial charge in [-0.2, -0.15) is 0 Å². The lowest BCUT2D eigenvalue weighted by Gasteiger charge is -2.09. The molecule has 1 aromatic carbocycles. The van der Waals surface area contributed by atoms with Crippen molar-refractivity contribution in [1.82, 2.24) is 9.97 Å². The maximum Gasteiger partial charge on any atom is 0.148 e. The fourth-order valence-corrected chi connectivity index (χ4v) is 1.53. The number of aromatic nitrogens is 2. The third kappa shape index (κ3) is 2.78. The van der Waals surface area contributed by atoms with Crippen LogP contribution in [0.4, 0.5) is 10.2 Å². The first-order valence-corrected chi connectivity index (χ1v) is 5.44. The van der Waals surface area contributed by atoms with Crippen LogP contribution in [-0.4, -0.2) is 9.97 Å². The van der Waals surface area contributed by atoms with Gasteiger partial charge in [-0.1, -0.05) is 18.2 Å². The fourth-order valence-electron chi connectivity index (χ4n) is 1.53. The first-order chi connectivity index (χ1) is 8.16. The predicted octanol–water partition coefficient (Wildman–Crippen LogP) is 2.84. The second kappa shape index (κ2) is 4.91. The Hall–Kier alpha value is -1.97. The highest BCUT2D eigenvalue weighted by molar-refractivity contribution is 5.40. The Balaban J connectivity index is 2.12. The molecule has 0 aliphatic rings. The number of rotatable bonds is 3. The van der Waals surface area contributed by atoms with Gasteiger partial charge >= 0.3 is 0 Å². The molecule has 0 amide bonds. The van der Waals surface area contributed by atoms with Crippen LogP contribution < -0.4 is 5.32 Å². The highest BCUT2D eigenvalue weighted by Gasteiger charge is 2.04. The molecule has 0 radical (unpaired) electrons. The molecule has 2 rings (SSSR count). The van der Waals surface area contributed by atoms with Crippen molar-refractivity contribution in [3.05, 3.63) is 53.2 Å². The zero-order valence-electron chi connectivity index (χ0n) is 9.87. The summed E-state index contributed by atoms with van der Waals surface area (Å²) in [6.45, 7) is 4.16. The lowest BCUT2D eigenvalue weighted by molar-refractivity contribution is 0.613. The van der Waals surface area contributed by atoms with Gasteiger partial charge < -0.3 is 5.32 Å². The molecule has 0 aliphatic carbocycles. The molecule has 0 spiro atoms. The van der Waals surface area contributed by atoms with Crippen LogP contribution in [0.2, 0.25) is 0 Å². The number of halogens is 1. The Morgan fingerprint density at radius 3 is 2.76 bits per heavy atom. The van der Waals surface area contributed by atoms with E-state index in [9.17, 15) is 4.39 Å². The van der Waals surface area contributed by atoms with Crippen LogP contribution in [0, 0.1) is 19.7 Å². The van der Waals surface area contributed by atoms with Gasteiger partial charge in [0.2, 0.25) is 0 Å². The summed E-state index contributed by atoms with van der Waals surface area (Å²) in [5, 5.41) is 3.10. The number of aryl methyl sites for hydroxylation is 2. The highest BCUT2D eigenvalue weighted by Crippen LogP contribution is 2.12. The Morgan fingerprint density at radius 2 is 2.00 bits per heavy atom. The predicted molar refractivity (Wildman–Crippen MR) is 65.2 cm³/mol. The van der Waals surface area contributed by atoms with Crippen LogP contribution in [0.25, 0.3) is 0 Å². The number of benzene rings is 1. The standard InChI is InChI=1S/C13H14FN3/c1-9-7-15-10(2)13(17-9)16-8-11-5-3-4-6-12(11)14/h3-7H,8H2,1-2H3,(H,16,17). The molecule has 1 N–H and O–H groups in total. The normalized spacial score (nSPS) is 10.3. The molecule has 17 heavy (non-hydrogen) atoms. The summed E-state index contributed by atoms with van der Waals surface area (Å²) in [6, 6.07) is 6.69. The molecule has 0 fully saturated rings. The van der Waals surface area contributed by atoms with Gasteiger partial charge in [-0.3, -0.25) is 4.98 Å². The summed E-state index contributed by atoms with van der Waals surface area (Å²) in [5.74, 6) is 0.492. The molecule has 4 heteroatoms. The quantitative estimate of drug-likeness (QED) is 0.882. The van der Waals surface area contributed by atoms with E-state index < -0.39 is 0 Å². The highest BCUT2D eigenvalue weighted by atomic mass is 19.1. The zero-order valence-corrected chi connectivity index (χ0v) is 9.87. The minimum atomic E-state index is -0.210. The molecule has 1 aromatic heterocycles. The number of hydrogen-bond acceptors (Lipinski definition) is 3. The van der Waals surface area contributed by atoms with Gasteiger partial charge in [0.25, 0.3) is 0 Å². The van der Waals surface area contributed by atoms with Crippen LogP contribution in [-0.2, 0) is 6.54 Å². The Morgan fingerprint density at radius 1 is 1.24 bits per heavy atom. The van der Waals surface area contributed by atoms with Crippen molar-refractivity contribution in [2.45, 2.75) is 20.4 Å². The Bertz CT molecular complexity index is 526. The van der Waals surface area contributed by atoms with Gasteiger partial charge in [0.05, 0.1) is 11.4 Å². The van der Waals surface area contributed by atoms with Gasteiger partial charge in [0, 0.05) is 18.3 Å². The number of nitrogens with zero attached hydrogens (tertiary/aromatic N) is 2. The second-order valence-corrected chi connectivity index (χ2v) is 3.89. The van der Waals surface area contributed by atoms with Gasteiger partial charge in [0.1, 0.15) is 11.6 Å². The molecular formula is C13H14FN3. The Labute approximate surface area is 99.7 Å². The second-order valence-electron chi connectivity index (χ2n) is 3.89. The van der Waals surface area contributed by atoms with E-state index in [0.717, 1.165) is 11.4 Å². The summed E-state index contributed by atoms with van der Waals surface area (Å²) in [7, 11) is 0. The summed E-state index contributed by atoms with van der Waals surface area (Å²) in [4.78, 5) is 8.52. The molecule has 1 heterocycles. The van der Waals surface area contributed by atoms with E-state index in [1.165, 1.54) is 6.07 Å². The molecule has 0 bridgehead atoms. The van der Waals surface area contributed by atoms with Gasteiger partial charge in [0.15, 0.2) is 0 Å². The van der Waals surface area contributed by atoms with E-state index >= 15 is 0 Å². The fraction of sp³-hybridized carbons (Fsp3) is 0.231.